The van der Waals surface area contributed by atoms with Gasteiger partial charge in [0.05, 0.1) is 12.0 Å². The number of nitrogens with one attached hydrogen (secondary N) is 1. The SMILES string of the molecule is Cc1ccc(CSc2nnc(SCC(=O)N/N=C\c3ccccc3C)s2)cc1. The van der Waals surface area contributed by atoms with Crippen molar-refractivity contribution in [1.82, 2.24) is 15.6 Å². The fraction of sp³-hybridized carbons (Fsp3) is 0.200. The van der Waals surface area contributed by atoms with Crippen LogP contribution in [-0.4, -0.2) is 28.1 Å². The van der Waals surface area contributed by atoms with Crippen LogP contribution in [0.3, 0.4) is 0 Å². The molecule has 0 bridgehead atoms. The smallest absolute Gasteiger partial charge is 0.250 e. The Hall–Kier alpha value is -2.16. The van der Waals surface area contributed by atoms with Crippen LogP contribution in [0.1, 0.15) is 22.3 Å². The van der Waals surface area contributed by atoms with Crippen molar-refractivity contribution in [3.63, 3.8) is 0 Å². The summed E-state index contributed by atoms with van der Waals surface area (Å²) in [4.78, 5) is 11.9. The first kappa shape index (κ1) is 20.6. The van der Waals surface area contributed by atoms with Crippen LogP contribution in [0.4, 0.5) is 0 Å². The topological polar surface area (TPSA) is 67.2 Å². The lowest BCUT2D eigenvalue weighted by atomic mass is 10.1. The molecule has 0 atom stereocenters. The molecule has 8 heteroatoms. The molecule has 0 fully saturated rings. The van der Waals surface area contributed by atoms with Gasteiger partial charge in [-0.15, -0.1) is 10.2 Å². The third-order valence-corrected chi connectivity index (χ3v) is 7.04. The van der Waals surface area contributed by atoms with Crippen molar-refractivity contribution >= 4 is 47.0 Å². The van der Waals surface area contributed by atoms with E-state index in [1.807, 2.05) is 31.2 Å². The van der Waals surface area contributed by atoms with Gasteiger partial charge in [-0.2, -0.15) is 5.10 Å². The highest BCUT2D eigenvalue weighted by Crippen LogP contribution is 2.30. The second kappa shape index (κ2) is 10.4. The summed E-state index contributed by atoms with van der Waals surface area (Å²) < 4.78 is 1.69. The van der Waals surface area contributed by atoms with E-state index in [1.54, 1.807) is 18.0 Å². The fourth-order valence-electron chi connectivity index (χ4n) is 2.21. The zero-order valence-electron chi connectivity index (χ0n) is 15.6. The number of thioether (sulfide) groups is 2. The number of aromatic nitrogens is 2. The number of carbonyl (C=O) groups is 1. The van der Waals surface area contributed by atoms with Crippen LogP contribution < -0.4 is 5.43 Å². The van der Waals surface area contributed by atoms with Crippen molar-refractivity contribution in [2.75, 3.05) is 5.75 Å². The molecule has 0 radical (unpaired) electrons. The van der Waals surface area contributed by atoms with Crippen molar-refractivity contribution in [1.29, 1.82) is 0 Å². The third-order valence-electron chi connectivity index (χ3n) is 3.78. The maximum atomic E-state index is 11.9. The molecule has 28 heavy (non-hydrogen) atoms. The highest BCUT2D eigenvalue weighted by molar-refractivity contribution is 8.03. The average molecular weight is 429 g/mol. The van der Waals surface area contributed by atoms with Gasteiger partial charge in [-0.25, -0.2) is 5.43 Å². The zero-order valence-corrected chi connectivity index (χ0v) is 18.0. The van der Waals surface area contributed by atoms with Crippen molar-refractivity contribution in [3.8, 4) is 0 Å². The maximum Gasteiger partial charge on any atom is 0.250 e. The van der Waals surface area contributed by atoms with Crippen molar-refractivity contribution in [2.24, 2.45) is 5.10 Å². The van der Waals surface area contributed by atoms with Gasteiger partial charge in [0.2, 0.25) is 0 Å². The van der Waals surface area contributed by atoms with Crippen molar-refractivity contribution in [2.45, 2.75) is 28.3 Å². The van der Waals surface area contributed by atoms with Crippen molar-refractivity contribution in [3.05, 3.63) is 70.8 Å². The Morgan fingerprint density at radius 3 is 2.54 bits per heavy atom. The first-order chi connectivity index (χ1) is 13.6. The molecule has 5 nitrogen and oxygen atoms in total. The molecule has 0 unspecified atom stereocenters. The van der Waals surface area contributed by atoms with Gasteiger partial charge in [-0.3, -0.25) is 4.79 Å². The second-order valence-electron chi connectivity index (χ2n) is 6.05. The van der Waals surface area contributed by atoms with Crippen LogP contribution in [-0.2, 0) is 10.5 Å². The van der Waals surface area contributed by atoms with Crippen LogP contribution in [0.15, 0.2) is 62.3 Å². The summed E-state index contributed by atoms with van der Waals surface area (Å²) in [6.45, 7) is 4.08. The molecule has 0 aliphatic heterocycles. The number of hydrogen-bond donors (Lipinski definition) is 1. The van der Waals surface area contributed by atoms with E-state index in [1.165, 1.54) is 34.2 Å². The van der Waals surface area contributed by atoms with Crippen molar-refractivity contribution < 1.29 is 4.79 Å². The van der Waals surface area contributed by atoms with E-state index in [-0.39, 0.29) is 11.7 Å². The van der Waals surface area contributed by atoms with Crippen LogP contribution in [0.2, 0.25) is 0 Å². The summed E-state index contributed by atoms with van der Waals surface area (Å²) in [7, 11) is 0. The highest BCUT2D eigenvalue weighted by Gasteiger charge is 2.08. The summed E-state index contributed by atoms with van der Waals surface area (Å²) in [5.41, 5.74) is 7.15. The van der Waals surface area contributed by atoms with E-state index in [9.17, 15) is 4.79 Å². The highest BCUT2D eigenvalue weighted by atomic mass is 32.2. The Labute approximate surface area is 177 Å². The molecule has 1 amide bonds. The van der Waals surface area contributed by atoms with Gasteiger partial charge in [-0.1, -0.05) is 89.0 Å². The molecular weight excluding hydrogens is 408 g/mol. The molecule has 1 N–H and O–H groups in total. The van der Waals surface area contributed by atoms with E-state index < -0.39 is 0 Å². The fourth-order valence-corrected chi connectivity index (χ4v) is 4.98. The molecule has 2 aromatic carbocycles. The molecule has 144 valence electrons. The number of hydrazone groups is 1. The van der Waals surface area contributed by atoms with E-state index in [2.05, 4.69) is 51.9 Å². The van der Waals surface area contributed by atoms with Gasteiger partial charge in [0.15, 0.2) is 8.68 Å². The molecule has 1 heterocycles. The monoisotopic (exact) mass is 428 g/mol. The van der Waals surface area contributed by atoms with E-state index in [4.69, 9.17) is 0 Å². The Kier molecular flexibility index (Phi) is 7.64. The normalized spacial score (nSPS) is 11.1. The standard InChI is InChI=1S/C20H20N4OS3/c1-14-7-9-16(10-8-14)12-26-19-23-24-20(28-19)27-13-18(25)22-21-11-17-6-4-3-5-15(17)2/h3-11H,12-13H2,1-2H3,(H,22,25)/b21-11-. The Balaban J connectivity index is 1.41. The molecule has 0 aliphatic rings. The maximum absolute atomic E-state index is 11.9. The number of rotatable bonds is 8. The molecule has 0 saturated carbocycles. The lowest BCUT2D eigenvalue weighted by molar-refractivity contribution is -0.118. The quantitative estimate of drug-likeness (QED) is 0.320. The summed E-state index contributed by atoms with van der Waals surface area (Å²) >= 11 is 4.53. The summed E-state index contributed by atoms with van der Waals surface area (Å²) in [6.07, 6.45) is 1.66. The Morgan fingerprint density at radius 1 is 1.07 bits per heavy atom. The molecule has 0 spiro atoms. The summed E-state index contributed by atoms with van der Waals surface area (Å²) in [6, 6.07) is 16.3. The van der Waals surface area contributed by atoms with Gasteiger partial charge in [0.1, 0.15) is 0 Å². The van der Waals surface area contributed by atoms with Gasteiger partial charge in [-0.05, 0) is 30.5 Å². The first-order valence-corrected chi connectivity index (χ1v) is 11.4. The number of benzene rings is 2. The molecule has 1 aromatic heterocycles. The van der Waals surface area contributed by atoms with Gasteiger partial charge < -0.3 is 0 Å². The van der Waals surface area contributed by atoms with E-state index in [0.29, 0.717) is 0 Å². The minimum absolute atomic E-state index is 0.168. The third kappa shape index (κ3) is 6.47. The summed E-state index contributed by atoms with van der Waals surface area (Å²) in [5, 5.41) is 12.3. The minimum atomic E-state index is -0.168. The predicted molar refractivity (Wildman–Crippen MR) is 118 cm³/mol. The lowest BCUT2D eigenvalue weighted by Crippen LogP contribution is -2.19. The number of hydrogen-bond acceptors (Lipinski definition) is 7. The van der Waals surface area contributed by atoms with Gasteiger partial charge in [0.25, 0.3) is 5.91 Å². The second-order valence-corrected chi connectivity index (χ2v) is 9.47. The first-order valence-electron chi connectivity index (χ1n) is 8.62. The number of nitrogens with zero attached hydrogens (tertiary/aromatic N) is 3. The Bertz CT molecular complexity index is 954. The van der Waals surface area contributed by atoms with E-state index >= 15 is 0 Å². The van der Waals surface area contributed by atoms with Crippen LogP contribution in [0, 0.1) is 13.8 Å². The zero-order chi connectivity index (χ0) is 19.8. The van der Waals surface area contributed by atoms with Gasteiger partial charge >= 0.3 is 0 Å². The minimum Gasteiger partial charge on any atom is -0.272 e. The molecule has 0 saturated heterocycles. The Morgan fingerprint density at radius 2 is 1.79 bits per heavy atom. The number of amides is 1. The van der Waals surface area contributed by atoms with Crippen LogP contribution >= 0.6 is 34.9 Å². The van der Waals surface area contributed by atoms with E-state index in [0.717, 1.165) is 25.6 Å². The number of aryl methyl sites for hydroxylation is 2. The average Bonchev–Trinajstić information content (AvgIpc) is 3.15. The van der Waals surface area contributed by atoms with Crippen LogP contribution in [0.25, 0.3) is 0 Å². The molecular formula is C20H20N4OS3. The van der Waals surface area contributed by atoms with Crippen LogP contribution in [0.5, 0.6) is 0 Å². The van der Waals surface area contributed by atoms with Gasteiger partial charge in [0, 0.05) is 5.75 Å². The largest absolute Gasteiger partial charge is 0.272 e. The lowest BCUT2D eigenvalue weighted by Gasteiger charge is -1.99. The molecule has 3 aromatic rings. The predicted octanol–water partition coefficient (Wildman–Crippen LogP) is 4.69. The molecule has 0 aliphatic carbocycles. The summed E-state index contributed by atoms with van der Waals surface area (Å²) in [5.74, 6) is 0.940. The molecule has 3 rings (SSSR count). The number of carbonyl (C=O) groups excluding carboxylic acids is 1.